The van der Waals surface area contributed by atoms with Crippen LogP contribution in [0.4, 0.5) is 0 Å². The second-order valence-corrected chi connectivity index (χ2v) is 16.3. The van der Waals surface area contributed by atoms with E-state index >= 15 is 0 Å². The summed E-state index contributed by atoms with van der Waals surface area (Å²) in [5.74, 6) is -1.77. The molecule has 0 amide bonds. The predicted molar refractivity (Wildman–Crippen MR) is 243 cm³/mol. The molecule has 2 N–H and O–H groups in total. The third kappa shape index (κ3) is 13.0. The number of hydrogen-bond acceptors (Lipinski definition) is 11. The fourth-order valence-corrected chi connectivity index (χ4v) is 8.09. The van der Waals surface area contributed by atoms with Crippen molar-refractivity contribution in [1.82, 2.24) is 0 Å². The second-order valence-electron chi connectivity index (χ2n) is 16.3. The van der Waals surface area contributed by atoms with Gasteiger partial charge in [-0.05, 0) is 33.4 Å². The highest BCUT2D eigenvalue weighted by Gasteiger charge is 2.58. The van der Waals surface area contributed by atoms with E-state index in [0.29, 0.717) is 6.61 Å². The van der Waals surface area contributed by atoms with Gasteiger partial charge in [0.1, 0.15) is 49.3 Å². The Morgan fingerprint density at radius 1 is 0.385 bits per heavy atom. The molecule has 11 nitrogen and oxygen atoms in total. The van der Waals surface area contributed by atoms with Gasteiger partial charge in [0.15, 0.2) is 6.29 Å². The molecule has 9 atom stereocenters. The van der Waals surface area contributed by atoms with Crippen LogP contribution in [0, 0.1) is 0 Å². The van der Waals surface area contributed by atoms with Crippen LogP contribution in [0.25, 0.3) is 0 Å². The number of benzene rings is 6. The van der Waals surface area contributed by atoms with Crippen LogP contribution in [0.5, 0.6) is 0 Å². The summed E-state index contributed by atoms with van der Waals surface area (Å²) in [6.07, 6.45) is -7.99. The van der Waals surface area contributed by atoms with E-state index in [1.807, 2.05) is 182 Å². The Bertz CT molecular complexity index is 2220. The van der Waals surface area contributed by atoms with Crippen molar-refractivity contribution < 1.29 is 52.8 Å². The van der Waals surface area contributed by atoms with Gasteiger partial charge in [-0.2, -0.15) is 0 Å². The Hall–Kier alpha value is -5.12. The Kier molecular flexibility index (Phi) is 17.1. The minimum Gasteiger partial charge on any atom is -0.385 e. The second kappa shape index (κ2) is 23.9. The maximum Gasteiger partial charge on any atom is 0.221 e. The van der Waals surface area contributed by atoms with E-state index in [2.05, 4.69) is 0 Å². The Morgan fingerprint density at radius 2 is 0.754 bits per heavy atom. The van der Waals surface area contributed by atoms with E-state index in [1.54, 1.807) is 0 Å². The summed E-state index contributed by atoms with van der Waals surface area (Å²) in [6, 6.07) is 58.6. The van der Waals surface area contributed by atoms with E-state index in [-0.39, 0.29) is 52.9 Å². The summed E-state index contributed by atoms with van der Waals surface area (Å²) < 4.78 is 59.0. The highest BCUT2D eigenvalue weighted by molar-refractivity contribution is 5.18. The lowest BCUT2D eigenvalue weighted by atomic mass is 9.97. The number of rotatable bonds is 23. The van der Waals surface area contributed by atoms with Crippen molar-refractivity contribution in [1.29, 1.82) is 0 Å². The van der Waals surface area contributed by atoms with Gasteiger partial charge in [0.05, 0.1) is 52.9 Å². The number of hydrogen-bond donors (Lipinski definition) is 2. The molecule has 0 aromatic heterocycles. The van der Waals surface area contributed by atoms with Crippen LogP contribution in [0.1, 0.15) is 33.4 Å². The summed E-state index contributed by atoms with van der Waals surface area (Å²) in [5, 5.41) is 24.3. The van der Waals surface area contributed by atoms with E-state index < -0.39 is 54.8 Å². The quantitative estimate of drug-likeness (QED) is 0.0652. The molecule has 0 spiro atoms. The molecule has 2 heterocycles. The third-order valence-electron chi connectivity index (χ3n) is 11.5. The molecule has 2 aliphatic heterocycles. The van der Waals surface area contributed by atoms with Gasteiger partial charge in [-0.25, -0.2) is 0 Å². The Labute approximate surface area is 381 Å². The lowest BCUT2D eigenvalue weighted by molar-refractivity contribution is -0.339. The van der Waals surface area contributed by atoms with Crippen molar-refractivity contribution in [2.24, 2.45) is 0 Å². The van der Waals surface area contributed by atoms with E-state index in [0.717, 1.165) is 33.4 Å². The molecule has 2 aliphatic rings. The smallest absolute Gasteiger partial charge is 0.221 e. The number of aliphatic hydroxyl groups excluding tert-OH is 2. The van der Waals surface area contributed by atoms with Gasteiger partial charge in [0, 0.05) is 0 Å². The molecule has 0 aliphatic carbocycles. The average molecular weight is 883 g/mol. The summed E-state index contributed by atoms with van der Waals surface area (Å²) >= 11 is 0. The zero-order valence-corrected chi connectivity index (χ0v) is 36.4. The Balaban J connectivity index is 1.08. The first-order valence-electron chi connectivity index (χ1n) is 22.2. The number of aliphatic hydroxyl groups is 2. The van der Waals surface area contributed by atoms with Crippen LogP contribution in [-0.4, -0.2) is 84.8 Å². The van der Waals surface area contributed by atoms with Crippen molar-refractivity contribution in [3.8, 4) is 0 Å². The average Bonchev–Trinajstić information content (AvgIpc) is 3.61. The van der Waals surface area contributed by atoms with Crippen molar-refractivity contribution in [2.75, 3.05) is 19.8 Å². The van der Waals surface area contributed by atoms with Crippen molar-refractivity contribution in [3.63, 3.8) is 0 Å². The lowest BCUT2D eigenvalue weighted by Gasteiger charge is -2.45. The maximum atomic E-state index is 12.5. The van der Waals surface area contributed by atoms with Crippen molar-refractivity contribution >= 4 is 0 Å². The van der Waals surface area contributed by atoms with E-state index in [4.69, 9.17) is 42.6 Å². The fourth-order valence-electron chi connectivity index (χ4n) is 8.09. The summed E-state index contributed by atoms with van der Waals surface area (Å²) in [4.78, 5) is 0. The van der Waals surface area contributed by atoms with Gasteiger partial charge >= 0.3 is 0 Å². The zero-order chi connectivity index (χ0) is 44.5. The van der Waals surface area contributed by atoms with E-state index in [9.17, 15) is 10.2 Å². The number of ether oxygens (including phenoxy) is 9. The minimum absolute atomic E-state index is 0.0898. The molecular weight excluding hydrogens is 825 g/mol. The molecule has 2 fully saturated rings. The summed E-state index contributed by atoms with van der Waals surface area (Å²) in [5.41, 5.74) is 5.64. The van der Waals surface area contributed by atoms with Crippen LogP contribution in [0.2, 0.25) is 0 Å². The summed E-state index contributed by atoms with van der Waals surface area (Å²) in [7, 11) is 0. The topological polar surface area (TPSA) is 124 Å². The maximum absolute atomic E-state index is 12.5. The third-order valence-corrected chi connectivity index (χ3v) is 11.5. The van der Waals surface area contributed by atoms with Crippen molar-refractivity contribution in [3.05, 3.63) is 215 Å². The molecule has 340 valence electrons. The molecule has 6 aromatic rings. The summed E-state index contributed by atoms with van der Waals surface area (Å²) in [6.45, 7) is 1.09. The van der Waals surface area contributed by atoms with Crippen LogP contribution >= 0.6 is 0 Å². The molecule has 0 saturated carbocycles. The molecule has 6 aromatic carbocycles. The lowest BCUT2D eigenvalue weighted by Crippen LogP contribution is -2.62. The normalized spacial score (nSPS) is 25.4. The first kappa shape index (κ1) is 46.4. The fraction of sp³-hybridized carbons (Fsp3) is 0.333. The highest BCUT2D eigenvalue weighted by Crippen LogP contribution is 2.38. The molecule has 8 rings (SSSR count). The molecule has 0 radical (unpaired) electrons. The molecule has 65 heavy (non-hydrogen) atoms. The van der Waals surface area contributed by atoms with Gasteiger partial charge < -0.3 is 52.8 Å². The SMILES string of the molecule is O[C@H]1O[C@H](CO[C@]2(COCc3ccccc3)O[C@H](COCc3ccccc3)[C@@H](OCc3ccccc3)[C@@H]2O)[C@@H](OCc2ccccc2)[C@H](OCc2ccccc2)[C@@H]1OCc1ccccc1. The van der Waals surface area contributed by atoms with E-state index in [1.165, 1.54) is 0 Å². The van der Waals surface area contributed by atoms with Crippen LogP contribution in [0.15, 0.2) is 182 Å². The first-order chi connectivity index (χ1) is 32.0. The molecule has 2 saturated heterocycles. The molecule has 11 heteroatoms. The van der Waals surface area contributed by atoms with Gasteiger partial charge in [-0.3, -0.25) is 0 Å². The molecule has 0 unspecified atom stereocenters. The van der Waals surface area contributed by atoms with Gasteiger partial charge in [-0.15, -0.1) is 0 Å². The van der Waals surface area contributed by atoms with Crippen LogP contribution < -0.4 is 0 Å². The molecule has 0 bridgehead atoms. The van der Waals surface area contributed by atoms with Crippen LogP contribution in [0.3, 0.4) is 0 Å². The predicted octanol–water partition coefficient (Wildman–Crippen LogP) is 7.95. The highest BCUT2D eigenvalue weighted by atomic mass is 16.8. The van der Waals surface area contributed by atoms with Gasteiger partial charge in [-0.1, -0.05) is 182 Å². The minimum atomic E-state index is -1.77. The Morgan fingerprint density at radius 3 is 1.20 bits per heavy atom. The monoisotopic (exact) mass is 882 g/mol. The van der Waals surface area contributed by atoms with Crippen LogP contribution in [-0.2, 0) is 82.3 Å². The first-order valence-corrected chi connectivity index (χ1v) is 22.2. The largest absolute Gasteiger partial charge is 0.385 e. The zero-order valence-electron chi connectivity index (χ0n) is 36.4. The van der Waals surface area contributed by atoms with Gasteiger partial charge in [0.25, 0.3) is 0 Å². The molecular formula is C54H58O11. The van der Waals surface area contributed by atoms with Crippen molar-refractivity contribution in [2.45, 2.75) is 94.4 Å². The standard InChI is InChI=1S/C54H58O11/c55-52-49(60-34-43-25-13-4-14-26-43)47(37-57-31-40-19-7-1-8-20-40)65-54(52,39-58-32-41-21-9-2-10-22-41)63-38-46-48(59-33-42-23-11-3-12-24-42)50(61-35-44-27-15-5-16-28-44)51(53(56)64-46)62-36-45-29-17-6-18-30-45/h1-30,46-53,55-56H,31-39H2/t46-,47-,48-,49-,50+,51+,52+,53+,54-/m1/s1. The van der Waals surface area contributed by atoms with Gasteiger partial charge in [0.2, 0.25) is 5.79 Å².